The first-order valence-electron chi connectivity index (χ1n) is 5.19. The number of halogens is 3. The number of carbonyl (C=O) groups excluding carboxylic acids is 1. The van der Waals surface area contributed by atoms with Gasteiger partial charge in [0, 0.05) is 6.20 Å². The quantitative estimate of drug-likeness (QED) is 0.807. The highest BCUT2D eigenvalue weighted by molar-refractivity contribution is 7.16. The third kappa shape index (κ3) is 3.54. The van der Waals surface area contributed by atoms with Gasteiger partial charge in [-0.3, -0.25) is 4.79 Å². The molecule has 1 heterocycles. The van der Waals surface area contributed by atoms with E-state index in [1.54, 1.807) is 18.2 Å². The summed E-state index contributed by atoms with van der Waals surface area (Å²) < 4.78 is 41.2. The molecule has 0 N–H and O–H groups in total. The van der Waals surface area contributed by atoms with E-state index >= 15 is 0 Å². The van der Waals surface area contributed by atoms with Crippen molar-refractivity contribution < 1.29 is 22.7 Å². The number of benzene rings is 1. The van der Waals surface area contributed by atoms with E-state index in [2.05, 4.69) is 4.98 Å². The second-order valence-corrected chi connectivity index (χ2v) is 4.65. The molecule has 1 aromatic heterocycles. The van der Waals surface area contributed by atoms with E-state index in [1.165, 1.54) is 12.3 Å². The van der Waals surface area contributed by atoms with Gasteiger partial charge in [-0.05, 0) is 12.1 Å². The highest BCUT2D eigenvalue weighted by Gasteiger charge is 2.29. The van der Waals surface area contributed by atoms with E-state index in [-0.39, 0.29) is 5.75 Å². The molecule has 0 bridgehead atoms. The van der Waals surface area contributed by atoms with E-state index in [0.29, 0.717) is 21.7 Å². The number of alkyl halides is 3. The summed E-state index contributed by atoms with van der Waals surface area (Å²) in [6.45, 7) is -1.37. The Morgan fingerprint density at radius 1 is 1.32 bits per heavy atom. The number of carbonyl (C=O) groups is 1. The van der Waals surface area contributed by atoms with Crippen molar-refractivity contribution in [2.45, 2.75) is 6.18 Å². The van der Waals surface area contributed by atoms with Gasteiger partial charge in [0.25, 0.3) is 0 Å². The summed E-state index contributed by atoms with van der Waals surface area (Å²) in [5.41, 5.74) is 0.435. The Labute approximate surface area is 110 Å². The lowest BCUT2D eigenvalue weighted by Crippen LogP contribution is -2.19. The van der Waals surface area contributed by atoms with E-state index in [4.69, 9.17) is 4.74 Å². The molecule has 0 atom stereocenters. The molecule has 2 aromatic rings. The fourth-order valence-corrected chi connectivity index (χ4v) is 2.16. The SMILES string of the molecule is O=Cc1cnc(-c2ccccc2OCC(F)(F)F)s1. The van der Waals surface area contributed by atoms with Crippen LogP contribution in [0.15, 0.2) is 30.5 Å². The Bertz CT molecular complexity index is 580. The molecule has 0 unspecified atom stereocenters. The number of nitrogens with zero attached hydrogens (tertiary/aromatic N) is 1. The van der Waals surface area contributed by atoms with Crippen molar-refractivity contribution in [3.63, 3.8) is 0 Å². The van der Waals surface area contributed by atoms with Crippen molar-refractivity contribution in [1.82, 2.24) is 4.98 Å². The normalized spacial score (nSPS) is 11.3. The van der Waals surface area contributed by atoms with Gasteiger partial charge in [0.2, 0.25) is 0 Å². The molecule has 0 saturated heterocycles. The lowest BCUT2D eigenvalue weighted by Gasteiger charge is -2.11. The van der Waals surface area contributed by atoms with Crippen LogP contribution in [0.25, 0.3) is 10.6 Å². The summed E-state index contributed by atoms with van der Waals surface area (Å²) >= 11 is 1.09. The molecule has 0 amide bonds. The Morgan fingerprint density at radius 3 is 2.68 bits per heavy atom. The third-order valence-corrected chi connectivity index (χ3v) is 3.10. The van der Waals surface area contributed by atoms with E-state index < -0.39 is 12.8 Å². The number of hydrogen-bond acceptors (Lipinski definition) is 4. The first-order valence-corrected chi connectivity index (χ1v) is 6.01. The molecular weight excluding hydrogens is 279 g/mol. The zero-order chi connectivity index (χ0) is 13.9. The van der Waals surface area contributed by atoms with Crippen LogP contribution in [0.2, 0.25) is 0 Å². The number of hydrogen-bond donors (Lipinski definition) is 0. The molecular formula is C12H8F3NO2S. The van der Waals surface area contributed by atoms with Crippen LogP contribution in [0.5, 0.6) is 5.75 Å². The minimum atomic E-state index is -4.40. The monoisotopic (exact) mass is 287 g/mol. The van der Waals surface area contributed by atoms with Crippen LogP contribution in [-0.2, 0) is 0 Å². The first kappa shape index (κ1) is 13.5. The van der Waals surface area contributed by atoms with Crippen LogP contribution >= 0.6 is 11.3 Å². The number of aldehydes is 1. The van der Waals surface area contributed by atoms with Gasteiger partial charge in [0.05, 0.1) is 10.4 Å². The van der Waals surface area contributed by atoms with Gasteiger partial charge >= 0.3 is 6.18 Å². The Hall–Kier alpha value is -1.89. The van der Waals surface area contributed by atoms with Gasteiger partial charge < -0.3 is 4.74 Å². The van der Waals surface area contributed by atoms with Crippen molar-refractivity contribution in [3.05, 3.63) is 35.3 Å². The van der Waals surface area contributed by atoms with Crippen LogP contribution in [0.3, 0.4) is 0 Å². The summed E-state index contributed by atoms with van der Waals surface area (Å²) in [5, 5.41) is 0.444. The predicted molar refractivity (Wildman–Crippen MR) is 64.5 cm³/mol. The van der Waals surface area contributed by atoms with Crippen molar-refractivity contribution in [3.8, 4) is 16.3 Å². The maximum absolute atomic E-state index is 12.1. The molecule has 7 heteroatoms. The van der Waals surface area contributed by atoms with Gasteiger partial charge in [-0.25, -0.2) is 4.98 Å². The molecule has 0 aliphatic carbocycles. The molecule has 0 spiro atoms. The second kappa shape index (κ2) is 5.40. The topological polar surface area (TPSA) is 39.2 Å². The average Bonchev–Trinajstić information content (AvgIpc) is 2.84. The van der Waals surface area contributed by atoms with Gasteiger partial charge in [0.1, 0.15) is 10.8 Å². The van der Waals surface area contributed by atoms with Crippen LogP contribution in [0, 0.1) is 0 Å². The summed E-state index contributed by atoms with van der Waals surface area (Å²) in [5.74, 6) is 0.0895. The van der Waals surface area contributed by atoms with Crippen molar-refractivity contribution in [1.29, 1.82) is 0 Å². The largest absolute Gasteiger partial charge is 0.483 e. The molecule has 0 radical (unpaired) electrons. The minimum Gasteiger partial charge on any atom is -0.483 e. The zero-order valence-corrected chi connectivity index (χ0v) is 10.3. The Morgan fingerprint density at radius 2 is 2.05 bits per heavy atom. The number of para-hydroxylation sites is 1. The standard InChI is InChI=1S/C12H8F3NO2S/c13-12(14,15)7-18-10-4-2-1-3-9(10)11-16-5-8(6-17)19-11/h1-6H,7H2. The number of aromatic nitrogens is 1. The predicted octanol–water partition coefficient (Wildman–Crippen LogP) is 3.56. The fourth-order valence-electron chi connectivity index (χ4n) is 1.39. The molecule has 2 rings (SSSR count). The molecule has 1 aromatic carbocycles. The highest BCUT2D eigenvalue weighted by Crippen LogP contribution is 2.33. The van der Waals surface area contributed by atoms with Crippen LogP contribution in [-0.4, -0.2) is 24.1 Å². The van der Waals surface area contributed by atoms with Gasteiger partial charge in [-0.15, -0.1) is 11.3 Å². The number of ether oxygens (including phenoxy) is 1. The van der Waals surface area contributed by atoms with Crippen LogP contribution in [0.4, 0.5) is 13.2 Å². The van der Waals surface area contributed by atoms with Crippen molar-refractivity contribution in [2.75, 3.05) is 6.61 Å². The second-order valence-electron chi connectivity index (χ2n) is 3.59. The van der Waals surface area contributed by atoms with E-state index in [1.807, 2.05) is 0 Å². The van der Waals surface area contributed by atoms with Crippen LogP contribution in [0.1, 0.15) is 9.67 Å². The summed E-state index contributed by atoms with van der Waals surface area (Å²) in [6, 6.07) is 6.27. The lowest BCUT2D eigenvalue weighted by atomic mass is 10.2. The Balaban J connectivity index is 2.27. The maximum Gasteiger partial charge on any atom is 0.422 e. The van der Waals surface area contributed by atoms with Gasteiger partial charge in [0.15, 0.2) is 12.9 Å². The molecule has 0 aliphatic rings. The smallest absolute Gasteiger partial charge is 0.422 e. The summed E-state index contributed by atoms with van der Waals surface area (Å²) in [7, 11) is 0. The van der Waals surface area contributed by atoms with Crippen LogP contribution < -0.4 is 4.74 Å². The van der Waals surface area contributed by atoms with Gasteiger partial charge in [-0.2, -0.15) is 13.2 Å². The maximum atomic E-state index is 12.1. The summed E-state index contributed by atoms with van der Waals surface area (Å²) in [6.07, 6.45) is -2.39. The molecule has 0 fully saturated rings. The molecule has 19 heavy (non-hydrogen) atoms. The number of rotatable bonds is 4. The molecule has 100 valence electrons. The average molecular weight is 287 g/mol. The number of thiazole rings is 1. The molecule has 3 nitrogen and oxygen atoms in total. The Kier molecular flexibility index (Phi) is 3.84. The first-order chi connectivity index (χ1) is 8.99. The highest BCUT2D eigenvalue weighted by atomic mass is 32.1. The van der Waals surface area contributed by atoms with Gasteiger partial charge in [-0.1, -0.05) is 12.1 Å². The van der Waals surface area contributed by atoms with Crippen molar-refractivity contribution in [2.24, 2.45) is 0 Å². The fraction of sp³-hybridized carbons (Fsp3) is 0.167. The van der Waals surface area contributed by atoms with E-state index in [9.17, 15) is 18.0 Å². The summed E-state index contributed by atoms with van der Waals surface area (Å²) in [4.78, 5) is 15.0. The third-order valence-electron chi connectivity index (χ3n) is 2.15. The van der Waals surface area contributed by atoms with E-state index in [0.717, 1.165) is 11.3 Å². The van der Waals surface area contributed by atoms with Crippen molar-refractivity contribution >= 4 is 17.6 Å². The zero-order valence-electron chi connectivity index (χ0n) is 9.48. The lowest BCUT2D eigenvalue weighted by molar-refractivity contribution is -0.153. The minimum absolute atomic E-state index is 0.0895. The molecule has 0 aliphatic heterocycles. The molecule has 0 saturated carbocycles.